The highest BCUT2D eigenvalue weighted by molar-refractivity contribution is 6.18. The van der Waals surface area contributed by atoms with Gasteiger partial charge >= 0.3 is 0 Å². The molecule has 1 unspecified atom stereocenters. The highest BCUT2D eigenvalue weighted by atomic mass is 35.5. The molecule has 0 saturated carbocycles. The predicted octanol–water partition coefficient (Wildman–Crippen LogP) is 2.97. The van der Waals surface area contributed by atoms with Gasteiger partial charge in [-0.3, -0.25) is 10.1 Å². The maximum absolute atomic E-state index is 11.8. The van der Waals surface area contributed by atoms with Crippen molar-refractivity contribution in [3.63, 3.8) is 0 Å². The summed E-state index contributed by atoms with van der Waals surface area (Å²) in [6, 6.07) is 2.03. The molecule has 0 aliphatic heterocycles. The molecule has 0 aromatic carbocycles. The van der Waals surface area contributed by atoms with Crippen LogP contribution in [0.1, 0.15) is 30.2 Å². The summed E-state index contributed by atoms with van der Waals surface area (Å²) in [6.45, 7) is 5.33. The fourth-order valence-corrected chi connectivity index (χ4v) is 1.71. The maximum Gasteiger partial charge on any atom is 0.229 e. The lowest BCUT2D eigenvalue weighted by atomic mass is 10.1. The van der Waals surface area contributed by atoms with E-state index in [0.29, 0.717) is 23.6 Å². The highest BCUT2D eigenvalue weighted by Gasteiger charge is 2.19. The minimum atomic E-state index is -0.204. The second kappa shape index (κ2) is 5.74. The molecule has 1 aromatic rings. The predicted molar refractivity (Wildman–Crippen MR) is 66.0 cm³/mol. The Balaban J connectivity index is 2.86. The Labute approximate surface area is 106 Å². The van der Waals surface area contributed by atoms with E-state index < -0.39 is 0 Å². The molecular formula is C12H15ClN2O2. The molecule has 1 amide bonds. The molecule has 1 rings (SSSR count). The van der Waals surface area contributed by atoms with Crippen molar-refractivity contribution in [2.24, 2.45) is 5.92 Å². The number of amides is 1. The van der Waals surface area contributed by atoms with Gasteiger partial charge in [-0.05, 0) is 20.3 Å². The minimum Gasteiger partial charge on any atom is -0.444 e. The van der Waals surface area contributed by atoms with Crippen LogP contribution in [0.5, 0.6) is 0 Å². The Hall–Kier alpha value is -1.47. The second-order valence-electron chi connectivity index (χ2n) is 3.97. The number of nitrogens with one attached hydrogen (secondary N) is 1. The van der Waals surface area contributed by atoms with Gasteiger partial charge in [0.1, 0.15) is 17.4 Å². The summed E-state index contributed by atoms with van der Waals surface area (Å²) in [7, 11) is 0. The molecule has 1 aromatic heterocycles. The van der Waals surface area contributed by atoms with Crippen LogP contribution in [-0.2, 0) is 4.79 Å². The smallest absolute Gasteiger partial charge is 0.229 e. The van der Waals surface area contributed by atoms with E-state index in [4.69, 9.17) is 21.3 Å². The standard InChI is InChI=1S/C12H15ClN2O2/c1-7(4-5-13)11(16)15-12-10(6-14)8(2)9(3)17-12/h7H,4-5H2,1-3H3,(H,15,16). The van der Waals surface area contributed by atoms with E-state index in [-0.39, 0.29) is 17.7 Å². The number of alkyl halides is 1. The monoisotopic (exact) mass is 254 g/mol. The molecule has 0 spiro atoms. The number of hydrogen-bond donors (Lipinski definition) is 1. The third-order valence-electron chi connectivity index (χ3n) is 2.72. The first-order valence-corrected chi connectivity index (χ1v) is 5.91. The molecular weight excluding hydrogens is 240 g/mol. The van der Waals surface area contributed by atoms with E-state index >= 15 is 0 Å². The first-order valence-electron chi connectivity index (χ1n) is 5.38. The number of nitriles is 1. The zero-order chi connectivity index (χ0) is 13.0. The first kappa shape index (κ1) is 13.6. The van der Waals surface area contributed by atoms with Crippen molar-refractivity contribution in [1.82, 2.24) is 0 Å². The number of aryl methyl sites for hydroxylation is 1. The highest BCUT2D eigenvalue weighted by Crippen LogP contribution is 2.25. The molecule has 17 heavy (non-hydrogen) atoms. The summed E-state index contributed by atoms with van der Waals surface area (Å²) in [5.74, 6) is 0.909. The van der Waals surface area contributed by atoms with Crippen molar-refractivity contribution in [2.75, 3.05) is 11.2 Å². The topological polar surface area (TPSA) is 66.0 Å². The zero-order valence-electron chi connectivity index (χ0n) is 10.1. The third kappa shape index (κ3) is 3.01. The molecule has 92 valence electrons. The molecule has 0 saturated heterocycles. The van der Waals surface area contributed by atoms with Crippen LogP contribution in [0.4, 0.5) is 5.88 Å². The molecule has 1 N–H and O–H groups in total. The number of halogens is 1. The van der Waals surface area contributed by atoms with Crippen LogP contribution < -0.4 is 5.32 Å². The van der Waals surface area contributed by atoms with Crippen molar-refractivity contribution in [3.8, 4) is 6.07 Å². The Morgan fingerprint density at radius 1 is 1.59 bits per heavy atom. The Kier molecular flexibility index (Phi) is 4.59. The van der Waals surface area contributed by atoms with E-state index in [0.717, 1.165) is 5.56 Å². The lowest BCUT2D eigenvalue weighted by molar-refractivity contribution is -0.119. The molecule has 5 heteroatoms. The van der Waals surface area contributed by atoms with Crippen LogP contribution in [0.3, 0.4) is 0 Å². The van der Waals surface area contributed by atoms with Crippen LogP contribution in [0, 0.1) is 31.1 Å². The van der Waals surface area contributed by atoms with Gasteiger partial charge in [0.15, 0.2) is 0 Å². The summed E-state index contributed by atoms with van der Waals surface area (Å²) in [5.41, 5.74) is 1.14. The maximum atomic E-state index is 11.8. The number of hydrogen-bond acceptors (Lipinski definition) is 3. The minimum absolute atomic E-state index is 0.184. The lowest BCUT2D eigenvalue weighted by Crippen LogP contribution is -2.20. The lowest BCUT2D eigenvalue weighted by Gasteiger charge is -2.08. The summed E-state index contributed by atoms with van der Waals surface area (Å²) in [6.07, 6.45) is 0.591. The summed E-state index contributed by atoms with van der Waals surface area (Å²) in [4.78, 5) is 11.8. The number of carbonyl (C=O) groups is 1. The molecule has 4 nitrogen and oxygen atoms in total. The molecule has 0 aliphatic rings. The van der Waals surface area contributed by atoms with E-state index in [1.165, 1.54) is 0 Å². The second-order valence-corrected chi connectivity index (χ2v) is 4.35. The van der Waals surface area contributed by atoms with E-state index in [1.54, 1.807) is 20.8 Å². The van der Waals surface area contributed by atoms with Crippen molar-refractivity contribution < 1.29 is 9.21 Å². The van der Waals surface area contributed by atoms with Gasteiger partial charge in [-0.25, -0.2) is 0 Å². The van der Waals surface area contributed by atoms with Crippen LogP contribution >= 0.6 is 11.6 Å². The van der Waals surface area contributed by atoms with Gasteiger partial charge in [-0.1, -0.05) is 6.92 Å². The normalized spacial score (nSPS) is 11.9. The SMILES string of the molecule is Cc1oc(NC(=O)C(C)CCCl)c(C#N)c1C. The fraction of sp³-hybridized carbons (Fsp3) is 0.500. The number of rotatable bonds is 4. The van der Waals surface area contributed by atoms with Crippen molar-refractivity contribution >= 4 is 23.4 Å². The van der Waals surface area contributed by atoms with E-state index in [1.807, 2.05) is 6.07 Å². The number of nitrogens with zero attached hydrogens (tertiary/aromatic N) is 1. The van der Waals surface area contributed by atoms with Gasteiger partial charge in [0.2, 0.25) is 11.8 Å². The van der Waals surface area contributed by atoms with Crippen LogP contribution in [0.2, 0.25) is 0 Å². The van der Waals surface area contributed by atoms with Crippen molar-refractivity contribution in [1.29, 1.82) is 5.26 Å². The van der Waals surface area contributed by atoms with Crippen molar-refractivity contribution in [2.45, 2.75) is 27.2 Å². The number of carbonyl (C=O) groups excluding carboxylic acids is 1. The van der Waals surface area contributed by atoms with Gasteiger partial charge < -0.3 is 4.42 Å². The van der Waals surface area contributed by atoms with Crippen LogP contribution in [0.25, 0.3) is 0 Å². The average Bonchev–Trinajstić information content (AvgIpc) is 2.54. The van der Waals surface area contributed by atoms with Gasteiger partial charge in [0, 0.05) is 17.4 Å². The summed E-state index contributed by atoms with van der Waals surface area (Å²) < 4.78 is 5.35. The zero-order valence-corrected chi connectivity index (χ0v) is 10.9. The van der Waals surface area contributed by atoms with Gasteiger partial charge in [0.25, 0.3) is 0 Å². The molecule has 1 heterocycles. The Morgan fingerprint density at radius 3 is 2.76 bits per heavy atom. The fourth-order valence-electron chi connectivity index (χ4n) is 1.38. The number of anilines is 1. The largest absolute Gasteiger partial charge is 0.444 e. The first-order chi connectivity index (χ1) is 8.01. The van der Waals surface area contributed by atoms with Gasteiger partial charge in [-0.15, -0.1) is 11.6 Å². The molecule has 1 atom stereocenters. The molecule has 0 fully saturated rings. The van der Waals surface area contributed by atoms with E-state index in [2.05, 4.69) is 5.32 Å². The molecule has 0 bridgehead atoms. The average molecular weight is 255 g/mol. The Bertz CT molecular complexity index is 460. The summed E-state index contributed by atoms with van der Waals surface area (Å²) in [5, 5.41) is 11.6. The molecule has 0 radical (unpaired) electrons. The van der Waals surface area contributed by atoms with E-state index in [9.17, 15) is 4.79 Å². The third-order valence-corrected chi connectivity index (χ3v) is 2.94. The van der Waals surface area contributed by atoms with Crippen molar-refractivity contribution in [3.05, 3.63) is 16.9 Å². The number of furan rings is 1. The Morgan fingerprint density at radius 2 is 2.24 bits per heavy atom. The van der Waals surface area contributed by atoms with Crippen LogP contribution in [0.15, 0.2) is 4.42 Å². The summed E-state index contributed by atoms with van der Waals surface area (Å²) >= 11 is 5.58. The van der Waals surface area contributed by atoms with Crippen LogP contribution in [-0.4, -0.2) is 11.8 Å². The van der Waals surface area contributed by atoms with Gasteiger partial charge in [0.05, 0.1) is 0 Å². The quantitative estimate of drug-likeness (QED) is 0.840. The molecule has 0 aliphatic carbocycles. The van der Waals surface area contributed by atoms with Gasteiger partial charge in [-0.2, -0.15) is 5.26 Å².